The molecule has 4 heteroatoms. The topological polar surface area (TPSA) is 66.1 Å². The third-order valence-electron chi connectivity index (χ3n) is 2.58. The Morgan fingerprint density at radius 2 is 2.21 bits per heavy atom. The van der Waals surface area contributed by atoms with E-state index in [-0.39, 0.29) is 5.75 Å². The van der Waals surface area contributed by atoms with E-state index in [0.29, 0.717) is 22.6 Å². The minimum atomic E-state index is 0.0366. The predicted octanol–water partition coefficient (Wildman–Crippen LogP) is 2.86. The first kappa shape index (κ1) is 12.7. The SMILES string of the molecule is COc1ccc(/C=C(\C#N)c2ccccn2)cc1O. The molecule has 0 aliphatic heterocycles. The smallest absolute Gasteiger partial charge is 0.160 e. The van der Waals surface area contributed by atoms with Crippen molar-refractivity contribution in [3.63, 3.8) is 0 Å². The van der Waals surface area contributed by atoms with E-state index < -0.39 is 0 Å². The molecule has 2 aromatic rings. The number of phenolic OH excluding ortho intramolecular Hbond substituents is 1. The third-order valence-corrected chi connectivity index (χ3v) is 2.58. The number of hydrogen-bond donors (Lipinski definition) is 1. The lowest BCUT2D eigenvalue weighted by molar-refractivity contribution is 0.373. The number of pyridine rings is 1. The summed E-state index contributed by atoms with van der Waals surface area (Å²) in [5.74, 6) is 0.433. The van der Waals surface area contributed by atoms with Crippen molar-refractivity contribution in [2.45, 2.75) is 0 Å². The van der Waals surface area contributed by atoms with Crippen LogP contribution in [0.15, 0.2) is 42.6 Å². The second-order valence-electron chi connectivity index (χ2n) is 3.82. The number of aromatic nitrogens is 1. The molecule has 0 amide bonds. The number of ether oxygens (including phenoxy) is 1. The Hall–Kier alpha value is -2.80. The summed E-state index contributed by atoms with van der Waals surface area (Å²) >= 11 is 0. The van der Waals surface area contributed by atoms with Crippen LogP contribution in [0, 0.1) is 11.3 Å². The zero-order valence-corrected chi connectivity index (χ0v) is 10.4. The van der Waals surface area contributed by atoms with Gasteiger partial charge in [0.15, 0.2) is 11.5 Å². The van der Waals surface area contributed by atoms with Gasteiger partial charge < -0.3 is 9.84 Å². The summed E-state index contributed by atoms with van der Waals surface area (Å²) in [5.41, 5.74) is 1.74. The van der Waals surface area contributed by atoms with Crippen molar-refractivity contribution in [1.82, 2.24) is 4.98 Å². The highest BCUT2D eigenvalue weighted by Gasteiger charge is 2.04. The third kappa shape index (κ3) is 2.90. The number of methoxy groups -OCH3 is 1. The molecule has 0 fully saturated rings. The summed E-state index contributed by atoms with van der Waals surface area (Å²) < 4.78 is 4.97. The molecular weight excluding hydrogens is 240 g/mol. The molecular formula is C15H12N2O2. The molecule has 1 aromatic carbocycles. The fraction of sp³-hybridized carbons (Fsp3) is 0.0667. The van der Waals surface area contributed by atoms with Gasteiger partial charge >= 0.3 is 0 Å². The summed E-state index contributed by atoms with van der Waals surface area (Å²) in [4.78, 5) is 4.12. The first-order valence-electron chi connectivity index (χ1n) is 5.65. The van der Waals surface area contributed by atoms with Crippen molar-refractivity contribution in [2.24, 2.45) is 0 Å². The Morgan fingerprint density at radius 3 is 2.79 bits per heavy atom. The number of phenols is 1. The molecule has 94 valence electrons. The van der Waals surface area contributed by atoms with Crippen molar-refractivity contribution in [3.8, 4) is 17.6 Å². The summed E-state index contributed by atoms with van der Waals surface area (Å²) in [6.07, 6.45) is 3.30. The maximum absolute atomic E-state index is 9.69. The summed E-state index contributed by atoms with van der Waals surface area (Å²) in [6.45, 7) is 0. The van der Waals surface area contributed by atoms with Crippen LogP contribution in [-0.4, -0.2) is 17.2 Å². The number of nitrogens with zero attached hydrogens (tertiary/aromatic N) is 2. The van der Waals surface area contributed by atoms with Crippen LogP contribution in [0.25, 0.3) is 11.6 Å². The molecule has 4 nitrogen and oxygen atoms in total. The van der Waals surface area contributed by atoms with E-state index in [0.717, 1.165) is 0 Å². The number of aromatic hydroxyl groups is 1. The molecule has 2 rings (SSSR count). The molecule has 0 aliphatic rings. The van der Waals surface area contributed by atoms with Gasteiger partial charge in [0.2, 0.25) is 0 Å². The average molecular weight is 252 g/mol. The fourth-order valence-corrected chi connectivity index (χ4v) is 1.65. The lowest BCUT2D eigenvalue weighted by Gasteiger charge is -2.04. The number of rotatable bonds is 3. The quantitative estimate of drug-likeness (QED) is 0.853. The largest absolute Gasteiger partial charge is 0.504 e. The second-order valence-corrected chi connectivity index (χ2v) is 3.82. The highest BCUT2D eigenvalue weighted by atomic mass is 16.5. The van der Waals surface area contributed by atoms with Crippen molar-refractivity contribution >= 4 is 11.6 Å². The molecule has 0 unspecified atom stereocenters. The Kier molecular flexibility index (Phi) is 3.79. The van der Waals surface area contributed by atoms with Crippen LogP contribution in [0.4, 0.5) is 0 Å². The lowest BCUT2D eigenvalue weighted by Crippen LogP contribution is -1.87. The monoisotopic (exact) mass is 252 g/mol. The first-order valence-corrected chi connectivity index (χ1v) is 5.65. The van der Waals surface area contributed by atoms with Crippen molar-refractivity contribution in [1.29, 1.82) is 5.26 Å². The van der Waals surface area contributed by atoms with Crippen LogP contribution >= 0.6 is 0 Å². The molecule has 1 aromatic heterocycles. The molecule has 1 N–H and O–H groups in total. The lowest BCUT2D eigenvalue weighted by atomic mass is 10.1. The molecule has 0 aliphatic carbocycles. The van der Waals surface area contributed by atoms with E-state index in [1.54, 1.807) is 42.6 Å². The van der Waals surface area contributed by atoms with Crippen molar-refractivity contribution in [3.05, 3.63) is 53.9 Å². The van der Waals surface area contributed by atoms with Crippen LogP contribution in [0.5, 0.6) is 11.5 Å². The van der Waals surface area contributed by atoms with E-state index in [9.17, 15) is 5.11 Å². The zero-order chi connectivity index (χ0) is 13.7. The van der Waals surface area contributed by atoms with E-state index in [2.05, 4.69) is 11.1 Å². The molecule has 0 saturated carbocycles. The minimum Gasteiger partial charge on any atom is -0.504 e. The summed E-state index contributed by atoms with van der Waals surface area (Å²) in [5, 5.41) is 18.9. The Bertz CT molecular complexity index is 643. The van der Waals surface area contributed by atoms with Gasteiger partial charge in [-0.05, 0) is 35.9 Å². The predicted molar refractivity (Wildman–Crippen MR) is 72.4 cm³/mol. The van der Waals surface area contributed by atoms with Crippen LogP contribution < -0.4 is 4.74 Å². The van der Waals surface area contributed by atoms with Crippen LogP contribution in [0.3, 0.4) is 0 Å². The van der Waals surface area contributed by atoms with Gasteiger partial charge in [-0.3, -0.25) is 4.98 Å². The molecule has 0 radical (unpaired) electrons. The molecule has 0 saturated heterocycles. The number of benzene rings is 1. The van der Waals surface area contributed by atoms with Gasteiger partial charge in [-0.25, -0.2) is 0 Å². The second kappa shape index (κ2) is 5.69. The Labute approximate surface area is 111 Å². The van der Waals surface area contributed by atoms with E-state index in [4.69, 9.17) is 10.00 Å². The van der Waals surface area contributed by atoms with Gasteiger partial charge in [-0.15, -0.1) is 0 Å². The van der Waals surface area contributed by atoms with Gasteiger partial charge in [-0.1, -0.05) is 12.1 Å². The molecule has 1 heterocycles. The molecule has 0 spiro atoms. The normalized spacial score (nSPS) is 10.8. The van der Waals surface area contributed by atoms with Crippen molar-refractivity contribution in [2.75, 3.05) is 7.11 Å². The fourth-order valence-electron chi connectivity index (χ4n) is 1.65. The maximum Gasteiger partial charge on any atom is 0.160 e. The molecule has 19 heavy (non-hydrogen) atoms. The Balaban J connectivity index is 2.39. The highest BCUT2D eigenvalue weighted by Crippen LogP contribution is 2.27. The maximum atomic E-state index is 9.69. The van der Waals surface area contributed by atoms with E-state index in [1.165, 1.54) is 7.11 Å². The van der Waals surface area contributed by atoms with Gasteiger partial charge in [0.05, 0.1) is 18.4 Å². The van der Waals surface area contributed by atoms with Gasteiger partial charge in [0.1, 0.15) is 6.07 Å². The van der Waals surface area contributed by atoms with Crippen LogP contribution in [-0.2, 0) is 0 Å². The van der Waals surface area contributed by atoms with Crippen LogP contribution in [0.2, 0.25) is 0 Å². The number of hydrogen-bond acceptors (Lipinski definition) is 4. The molecule has 0 atom stereocenters. The molecule has 0 bridgehead atoms. The minimum absolute atomic E-state index is 0.0366. The zero-order valence-electron chi connectivity index (χ0n) is 10.4. The highest BCUT2D eigenvalue weighted by molar-refractivity contribution is 5.88. The average Bonchev–Trinajstić information content (AvgIpc) is 2.46. The van der Waals surface area contributed by atoms with Gasteiger partial charge in [-0.2, -0.15) is 5.26 Å². The van der Waals surface area contributed by atoms with E-state index >= 15 is 0 Å². The first-order chi connectivity index (χ1) is 9.24. The van der Waals surface area contributed by atoms with Gasteiger partial charge in [0, 0.05) is 6.20 Å². The standard InChI is InChI=1S/C15H12N2O2/c1-19-15-6-5-11(9-14(15)18)8-12(10-16)13-4-2-3-7-17-13/h2-9,18H,1H3/b12-8+. The summed E-state index contributed by atoms with van der Waals surface area (Å²) in [6, 6.07) is 12.4. The van der Waals surface area contributed by atoms with E-state index in [1.807, 2.05) is 6.07 Å². The number of nitriles is 1. The summed E-state index contributed by atoms with van der Waals surface area (Å²) in [7, 11) is 1.49. The Morgan fingerprint density at radius 1 is 1.37 bits per heavy atom. The van der Waals surface area contributed by atoms with Crippen LogP contribution in [0.1, 0.15) is 11.3 Å². The number of allylic oxidation sites excluding steroid dienone is 1. The van der Waals surface area contributed by atoms with Gasteiger partial charge in [0.25, 0.3) is 0 Å². The van der Waals surface area contributed by atoms with Crippen molar-refractivity contribution < 1.29 is 9.84 Å².